The molecule has 76 valence electrons. The first-order valence-electron chi connectivity index (χ1n) is 4.86. The Morgan fingerprint density at radius 3 is 2.67 bits per heavy atom. The number of hydrogen-bond acceptors (Lipinski definition) is 2. The Morgan fingerprint density at radius 2 is 1.87 bits per heavy atom. The lowest BCUT2D eigenvalue weighted by Gasteiger charge is -2.12. The van der Waals surface area contributed by atoms with Crippen molar-refractivity contribution in [1.82, 2.24) is 0 Å². The summed E-state index contributed by atoms with van der Waals surface area (Å²) in [7, 11) is 0. The fraction of sp³-hybridized carbons (Fsp3) is 0.0769. The third-order valence-electron chi connectivity index (χ3n) is 2.32. The number of nitrogens with one attached hydrogen (secondary N) is 1. The average molecular weight is 199 g/mol. The highest BCUT2D eigenvalue weighted by Gasteiger charge is 2.02. The van der Waals surface area contributed by atoms with Gasteiger partial charge in [0.1, 0.15) is 6.23 Å². The van der Waals surface area contributed by atoms with E-state index in [9.17, 15) is 5.11 Å². The van der Waals surface area contributed by atoms with Crippen LogP contribution < -0.4 is 5.32 Å². The molecule has 2 heteroatoms. The van der Waals surface area contributed by atoms with Crippen molar-refractivity contribution in [1.29, 1.82) is 0 Å². The number of fused-ring (bicyclic) bond motifs is 1. The number of rotatable bonds is 3. The molecule has 0 bridgehead atoms. The zero-order chi connectivity index (χ0) is 10.7. The van der Waals surface area contributed by atoms with Gasteiger partial charge in [-0.15, -0.1) is 0 Å². The third kappa shape index (κ3) is 2.00. The van der Waals surface area contributed by atoms with Crippen LogP contribution in [0.1, 0.15) is 0 Å². The maximum absolute atomic E-state index is 9.44. The van der Waals surface area contributed by atoms with E-state index in [0.29, 0.717) is 0 Å². The maximum Gasteiger partial charge on any atom is 0.143 e. The molecule has 0 fully saturated rings. The first-order chi connectivity index (χ1) is 7.31. The summed E-state index contributed by atoms with van der Waals surface area (Å²) >= 11 is 0. The van der Waals surface area contributed by atoms with Gasteiger partial charge >= 0.3 is 0 Å². The monoisotopic (exact) mass is 199 g/mol. The Hall–Kier alpha value is -1.80. The molecule has 2 aromatic carbocycles. The van der Waals surface area contributed by atoms with Crippen molar-refractivity contribution in [2.45, 2.75) is 6.23 Å². The lowest BCUT2D eigenvalue weighted by atomic mass is 10.1. The van der Waals surface area contributed by atoms with Crippen molar-refractivity contribution >= 4 is 16.5 Å². The van der Waals surface area contributed by atoms with E-state index < -0.39 is 6.23 Å². The summed E-state index contributed by atoms with van der Waals surface area (Å²) in [4.78, 5) is 0. The fourth-order valence-corrected chi connectivity index (χ4v) is 1.57. The second-order valence-corrected chi connectivity index (χ2v) is 3.35. The first-order valence-corrected chi connectivity index (χ1v) is 4.86. The van der Waals surface area contributed by atoms with Crippen molar-refractivity contribution < 1.29 is 5.11 Å². The van der Waals surface area contributed by atoms with Crippen LogP contribution in [0.5, 0.6) is 0 Å². The molecule has 0 aromatic heterocycles. The summed E-state index contributed by atoms with van der Waals surface area (Å²) in [5.41, 5.74) is 0.917. The van der Waals surface area contributed by atoms with E-state index in [0.717, 1.165) is 16.5 Å². The quantitative estimate of drug-likeness (QED) is 0.588. The molecule has 0 heterocycles. The van der Waals surface area contributed by atoms with E-state index in [2.05, 4.69) is 11.9 Å². The molecular weight excluding hydrogens is 186 g/mol. The van der Waals surface area contributed by atoms with Gasteiger partial charge in [0.15, 0.2) is 0 Å². The highest BCUT2D eigenvalue weighted by molar-refractivity contribution is 5.93. The Bertz CT molecular complexity index is 473. The van der Waals surface area contributed by atoms with Crippen molar-refractivity contribution in [3.63, 3.8) is 0 Å². The predicted octanol–water partition coefficient (Wildman–Crippen LogP) is 2.76. The molecule has 0 aliphatic rings. The zero-order valence-corrected chi connectivity index (χ0v) is 8.35. The fourth-order valence-electron chi connectivity index (χ4n) is 1.57. The first kappa shape index (κ1) is 9.74. The normalized spacial score (nSPS) is 12.3. The van der Waals surface area contributed by atoms with Gasteiger partial charge in [-0.05, 0) is 17.5 Å². The Kier molecular flexibility index (Phi) is 2.70. The third-order valence-corrected chi connectivity index (χ3v) is 2.32. The molecule has 0 saturated heterocycles. The second-order valence-electron chi connectivity index (χ2n) is 3.35. The van der Waals surface area contributed by atoms with E-state index in [1.54, 1.807) is 0 Å². The van der Waals surface area contributed by atoms with Crippen LogP contribution in [0.4, 0.5) is 5.69 Å². The number of aliphatic hydroxyl groups is 1. The molecular formula is C13H13NO. The molecule has 15 heavy (non-hydrogen) atoms. The van der Waals surface area contributed by atoms with Crippen LogP contribution in [-0.4, -0.2) is 11.3 Å². The number of anilines is 1. The highest BCUT2D eigenvalue weighted by Crippen LogP contribution is 2.23. The van der Waals surface area contributed by atoms with Gasteiger partial charge in [-0.1, -0.05) is 43.0 Å². The Morgan fingerprint density at radius 1 is 1.13 bits per heavy atom. The lowest BCUT2D eigenvalue weighted by molar-refractivity contribution is 0.253. The van der Waals surface area contributed by atoms with E-state index >= 15 is 0 Å². The van der Waals surface area contributed by atoms with Crippen LogP contribution in [0.2, 0.25) is 0 Å². The van der Waals surface area contributed by atoms with Gasteiger partial charge in [-0.25, -0.2) is 0 Å². The summed E-state index contributed by atoms with van der Waals surface area (Å²) in [6.07, 6.45) is 0.748. The van der Waals surface area contributed by atoms with Gasteiger partial charge in [0.2, 0.25) is 0 Å². The molecule has 0 aliphatic heterocycles. The number of aliphatic hydroxyl groups excluding tert-OH is 1. The van der Waals surface area contributed by atoms with Crippen LogP contribution in [0.15, 0.2) is 55.1 Å². The van der Waals surface area contributed by atoms with Crippen LogP contribution in [0, 0.1) is 0 Å². The van der Waals surface area contributed by atoms with E-state index in [-0.39, 0.29) is 0 Å². The average Bonchev–Trinajstić information content (AvgIpc) is 2.29. The number of benzene rings is 2. The molecule has 1 unspecified atom stereocenters. The molecule has 0 spiro atoms. The minimum Gasteiger partial charge on any atom is -0.370 e. The Labute approximate surface area is 88.9 Å². The zero-order valence-electron chi connectivity index (χ0n) is 8.35. The minimum atomic E-state index is -0.712. The van der Waals surface area contributed by atoms with Crippen molar-refractivity contribution in [2.24, 2.45) is 0 Å². The maximum atomic E-state index is 9.44. The molecule has 2 N–H and O–H groups in total. The second kappa shape index (κ2) is 4.15. The smallest absolute Gasteiger partial charge is 0.143 e. The largest absolute Gasteiger partial charge is 0.370 e. The van der Waals surface area contributed by atoms with Crippen LogP contribution >= 0.6 is 0 Å². The van der Waals surface area contributed by atoms with E-state index in [1.165, 1.54) is 6.08 Å². The molecule has 2 aromatic rings. The lowest BCUT2D eigenvalue weighted by Crippen LogP contribution is -2.14. The highest BCUT2D eigenvalue weighted by atomic mass is 16.3. The van der Waals surface area contributed by atoms with Crippen molar-refractivity contribution in [2.75, 3.05) is 5.32 Å². The van der Waals surface area contributed by atoms with E-state index in [1.807, 2.05) is 42.5 Å². The number of hydrogen-bond donors (Lipinski definition) is 2. The predicted molar refractivity (Wildman–Crippen MR) is 63.8 cm³/mol. The standard InChI is InChI=1S/C13H13NO/c1-2-13(15)14-12-9-5-7-10-6-3-4-8-11(10)12/h2-9,13-15H,1H2. The van der Waals surface area contributed by atoms with Gasteiger partial charge in [0.25, 0.3) is 0 Å². The van der Waals surface area contributed by atoms with Gasteiger partial charge in [0, 0.05) is 11.1 Å². The molecule has 0 radical (unpaired) electrons. The molecule has 0 saturated carbocycles. The SMILES string of the molecule is C=CC(O)Nc1cccc2ccccc12. The summed E-state index contributed by atoms with van der Waals surface area (Å²) in [5.74, 6) is 0. The van der Waals surface area contributed by atoms with Crippen LogP contribution in [0.25, 0.3) is 10.8 Å². The van der Waals surface area contributed by atoms with E-state index in [4.69, 9.17) is 0 Å². The topological polar surface area (TPSA) is 32.3 Å². The van der Waals surface area contributed by atoms with Crippen molar-refractivity contribution in [3.8, 4) is 0 Å². The molecule has 0 amide bonds. The summed E-state index contributed by atoms with van der Waals surface area (Å²) in [5, 5.41) is 14.7. The molecule has 2 nitrogen and oxygen atoms in total. The summed E-state index contributed by atoms with van der Waals surface area (Å²) < 4.78 is 0. The van der Waals surface area contributed by atoms with Gasteiger partial charge in [-0.3, -0.25) is 0 Å². The van der Waals surface area contributed by atoms with Crippen molar-refractivity contribution in [3.05, 3.63) is 55.1 Å². The van der Waals surface area contributed by atoms with Gasteiger partial charge < -0.3 is 10.4 Å². The molecule has 0 aliphatic carbocycles. The van der Waals surface area contributed by atoms with Crippen LogP contribution in [-0.2, 0) is 0 Å². The van der Waals surface area contributed by atoms with Gasteiger partial charge in [-0.2, -0.15) is 0 Å². The minimum absolute atomic E-state index is 0.712. The Balaban J connectivity index is 2.46. The van der Waals surface area contributed by atoms with Crippen LogP contribution in [0.3, 0.4) is 0 Å². The molecule has 1 atom stereocenters. The molecule has 2 rings (SSSR count). The summed E-state index contributed by atoms with van der Waals surface area (Å²) in [6, 6.07) is 14.0. The van der Waals surface area contributed by atoms with Gasteiger partial charge in [0.05, 0.1) is 0 Å². The summed E-state index contributed by atoms with van der Waals surface area (Å²) in [6.45, 7) is 3.52.